The molecule has 2 aromatic carbocycles. The lowest BCUT2D eigenvalue weighted by Crippen LogP contribution is -2.42. The molecule has 0 radical (unpaired) electrons. The van der Waals surface area contributed by atoms with Crippen molar-refractivity contribution in [2.24, 2.45) is 0 Å². The van der Waals surface area contributed by atoms with E-state index in [1.54, 1.807) is 13.2 Å². The minimum Gasteiger partial charge on any atom is -0.497 e. The average molecular weight is 376 g/mol. The van der Waals surface area contributed by atoms with Crippen molar-refractivity contribution in [3.63, 3.8) is 0 Å². The molecule has 1 saturated heterocycles. The van der Waals surface area contributed by atoms with Crippen molar-refractivity contribution in [3.8, 4) is 5.75 Å². The number of hydrogen-bond acceptors (Lipinski definition) is 3. The molecule has 4 nitrogen and oxygen atoms in total. The molecule has 120 valence electrons. The van der Waals surface area contributed by atoms with Gasteiger partial charge in [0.25, 0.3) is 5.91 Å². The van der Waals surface area contributed by atoms with Gasteiger partial charge in [0, 0.05) is 11.0 Å². The molecule has 0 aliphatic carbocycles. The first-order chi connectivity index (χ1) is 11.2. The van der Waals surface area contributed by atoms with Gasteiger partial charge in [0.05, 0.1) is 25.8 Å². The van der Waals surface area contributed by atoms with Gasteiger partial charge in [-0.25, -0.2) is 0 Å². The van der Waals surface area contributed by atoms with Crippen molar-refractivity contribution in [2.75, 3.05) is 26.8 Å². The van der Waals surface area contributed by atoms with Gasteiger partial charge in [-0.15, -0.1) is 0 Å². The van der Waals surface area contributed by atoms with Crippen LogP contribution in [0.5, 0.6) is 5.75 Å². The van der Waals surface area contributed by atoms with Crippen molar-refractivity contribution in [2.45, 2.75) is 6.10 Å². The number of morpholine rings is 1. The van der Waals surface area contributed by atoms with E-state index in [0.29, 0.717) is 31.0 Å². The molecule has 1 aliphatic rings. The molecule has 5 heteroatoms. The van der Waals surface area contributed by atoms with Crippen molar-refractivity contribution in [1.29, 1.82) is 0 Å². The molecule has 1 unspecified atom stereocenters. The van der Waals surface area contributed by atoms with Crippen LogP contribution in [0.3, 0.4) is 0 Å². The number of amides is 1. The van der Waals surface area contributed by atoms with Crippen molar-refractivity contribution < 1.29 is 14.3 Å². The fourth-order valence-corrected chi connectivity index (χ4v) is 3.08. The van der Waals surface area contributed by atoms with Gasteiger partial charge in [0.15, 0.2) is 0 Å². The molecule has 1 heterocycles. The summed E-state index contributed by atoms with van der Waals surface area (Å²) >= 11 is 3.45. The van der Waals surface area contributed by atoms with Gasteiger partial charge < -0.3 is 14.4 Å². The third-order valence-electron chi connectivity index (χ3n) is 3.93. The molecule has 1 amide bonds. The van der Waals surface area contributed by atoms with Crippen LogP contribution in [0.4, 0.5) is 0 Å². The van der Waals surface area contributed by atoms with Crippen LogP contribution in [0.2, 0.25) is 0 Å². The Balaban J connectivity index is 1.80. The standard InChI is InChI=1S/C18H18BrNO3/c1-22-14-7-8-16(19)15(11-14)18(21)20-9-10-23-17(12-20)13-5-3-2-4-6-13/h2-8,11,17H,9-10,12H2,1H3. The highest BCUT2D eigenvalue weighted by molar-refractivity contribution is 9.10. The Morgan fingerprint density at radius 1 is 1.26 bits per heavy atom. The first-order valence-electron chi connectivity index (χ1n) is 7.48. The van der Waals surface area contributed by atoms with Crippen LogP contribution < -0.4 is 4.74 Å². The van der Waals surface area contributed by atoms with Gasteiger partial charge in [-0.1, -0.05) is 30.3 Å². The highest BCUT2D eigenvalue weighted by Gasteiger charge is 2.27. The Kier molecular flexibility index (Phi) is 4.98. The maximum Gasteiger partial charge on any atom is 0.255 e. The minimum atomic E-state index is -0.0849. The summed E-state index contributed by atoms with van der Waals surface area (Å²) in [6.07, 6.45) is -0.0849. The van der Waals surface area contributed by atoms with E-state index in [9.17, 15) is 4.79 Å². The normalized spacial score (nSPS) is 17.8. The fraction of sp³-hybridized carbons (Fsp3) is 0.278. The third kappa shape index (κ3) is 3.57. The second kappa shape index (κ2) is 7.15. The van der Waals surface area contributed by atoms with Crippen LogP contribution >= 0.6 is 15.9 Å². The molecule has 0 aromatic heterocycles. The van der Waals surface area contributed by atoms with Gasteiger partial charge in [-0.05, 0) is 39.7 Å². The summed E-state index contributed by atoms with van der Waals surface area (Å²) in [6, 6.07) is 15.4. The second-order valence-corrected chi connectivity index (χ2v) is 6.22. The highest BCUT2D eigenvalue weighted by Crippen LogP contribution is 2.27. The lowest BCUT2D eigenvalue weighted by molar-refractivity contribution is -0.0228. The SMILES string of the molecule is COc1ccc(Br)c(C(=O)N2CCOC(c3ccccc3)C2)c1. The topological polar surface area (TPSA) is 38.8 Å². The summed E-state index contributed by atoms with van der Waals surface area (Å²) in [7, 11) is 1.59. The van der Waals surface area contributed by atoms with E-state index in [2.05, 4.69) is 15.9 Å². The number of methoxy groups -OCH3 is 1. The first kappa shape index (κ1) is 16.0. The Labute approximate surface area is 144 Å². The van der Waals surface area contributed by atoms with Crippen LogP contribution in [0.15, 0.2) is 53.0 Å². The molecule has 0 N–H and O–H groups in total. The monoisotopic (exact) mass is 375 g/mol. The van der Waals surface area contributed by atoms with E-state index in [-0.39, 0.29) is 12.0 Å². The molecule has 0 bridgehead atoms. The predicted molar refractivity (Wildman–Crippen MR) is 91.7 cm³/mol. The molecule has 23 heavy (non-hydrogen) atoms. The van der Waals surface area contributed by atoms with Gasteiger partial charge in [0.2, 0.25) is 0 Å². The summed E-state index contributed by atoms with van der Waals surface area (Å²) in [6.45, 7) is 1.67. The molecule has 1 atom stereocenters. The minimum absolute atomic E-state index is 0.0139. The van der Waals surface area contributed by atoms with Gasteiger partial charge in [0.1, 0.15) is 11.9 Å². The number of carbonyl (C=O) groups is 1. The summed E-state index contributed by atoms with van der Waals surface area (Å²) in [5, 5.41) is 0. The van der Waals surface area contributed by atoms with E-state index in [4.69, 9.17) is 9.47 Å². The summed E-state index contributed by atoms with van der Waals surface area (Å²) in [5.74, 6) is 0.657. The van der Waals surface area contributed by atoms with Crippen LogP contribution in [0, 0.1) is 0 Å². The van der Waals surface area contributed by atoms with E-state index in [1.807, 2.05) is 47.4 Å². The Morgan fingerprint density at radius 2 is 2.04 bits per heavy atom. The number of hydrogen-bond donors (Lipinski definition) is 0. The van der Waals surface area contributed by atoms with E-state index >= 15 is 0 Å². The Morgan fingerprint density at radius 3 is 2.78 bits per heavy atom. The molecule has 2 aromatic rings. The Bertz CT molecular complexity index is 690. The number of halogens is 1. The van der Waals surface area contributed by atoms with Crippen molar-refractivity contribution in [3.05, 3.63) is 64.1 Å². The zero-order valence-corrected chi connectivity index (χ0v) is 14.5. The molecular weight excluding hydrogens is 358 g/mol. The van der Waals surface area contributed by atoms with Gasteiger partial charge in [-0.3, -0.25) is 4.79 Å². The lowest BCUT2D eigenvalue weighted by atomic mass is 10.1. The van der Waals surface area contributed by atoms with E-state index in [1.165, 1.54) is 0 Å². The van der Waals surface area contributed by atoms with Crippen LogP contribution in [-0.2, 0) is 4.74 Å². The van der Waals surface area contributed by atoms with E-state index in [0.717, 1.165) is 10.0 Å². The summed E-state index contributed by atoms with van der Waals surface area (Å²) < 4.78 is 11.8. The largest absolute Gasteiger partial charge is 0.497 e. The maximum atomic E-state index is 12.9. The third-order valence-corrected chi connectivity index (χ3v) is 4.62. The quantitative estimate of drug-likeness (QED) is 0.821. The number of carbonyl (C=O) groups excluding carboxylic acids is 1. The number of rotatable bonds is 3. The maximum absolute atomic E-state index is 12.9. The number of benzene rings is 2. The fourth-order valence-electron chi connectivity index (χ4n) is 2.67. The smallest absolute Gasteiger partial charge is 0.255 e. The summed E-state index contributed by atoms with van der Waals surface area (Å²) in [4.78, 5) is 14.7. The molecule has 1 aliphatic heterocycles. The van der Waals surface area contributed by atoms with Crippen molar-refractivity contribution >= 4 is 21.8 Å². The number of nitrogens with zero attached hydrogens (tertiary/aromatic N) is 1. The zero-order valence-electron chi connectivity index (χ0n) is 12.9. The van der Waals surface area contributed by atoms with E-state index < -0.39 is 0 Å². The van der Waals surface area contributed by atoms with Gasteiger partial charge >= 0.3 is 0 Å². The lowest BCUT2D eigenvalue weighted by Gasteiger charge is -2.33. The summed E-state index contributed by atoms with van der Waals surface area (Å²) in [5.41, 5.74) is 1.70. The molecular formula is C18H18BrNO3. The first-order valence-corrected chi connectivity index (χ1v) is 8.27. The molecule has 1 fully saturated rings. The number of ether oxygens (including phenoxy) is 2. The van der Waals surface area contributed by atoms with Gasteiger partial charge in [-0.2, -0.15) is 0 Å². The second-order valence-electron chi connectivity index (χ2n) is 5.37. The van der Waals surface area contributed by atoms with Crippen molar-refractivity contribution in [1.82, 2.24) is 4.90 Å². The highest BCUT2D eigenvalue weighted by atomic mass is 79.9. The molecule has 3 rings (SSSR count). The van der Waals surface area contributed by atoms with Crippen LogP contribution in [0.1, 0.15) is 22.0 Å². The molecule has 0 spiro atoms. The molecule has 0 saturated carbocycles. The average Bonchev–Trinajstić information content (AvgIpc) is 2.62. The van der Waals surface area contributed by atoms with Crippen LogP contribution in [0.25, 0.3) is 0 Å². The predicted octanol–water partition coefficient (Wildman–Crippen LogP) is 3.67. The van der Waals surface area contributed by atoms with Crippen LogP contribution in [-0.4, -0.2) is 37.6 Å². The Hall–Kier alpha value is -1.85. The zero-order chi connectivity index (χ0) is 16.2.